The Balaban J connectivity index is 0. The van der Waals surface area contributed by atoms with Gasteiger partial charge in [0.1, 0.15) is 0 Å². The number of hydrogen-bond acceptors (Lipinski definition) is 2. The molecule has 1 N–H and O–H groups in total. The van der Waals surface area contributed by atoms with Crippen molar-refractivity contribution in [2.75, 3.05) is 7.11 Å². The van der Waals surface area contributed by atoms with Crippen molar-refractivity contribution in [1.82, 2.24) is 4.98 Å². The van der Waals surface area contributed by atoms with E-state index in [1.165, 1.54) is 0 Å². The molecule has 1 aromatic heterocycles. The molecule has 1 rings (SSSR count). The molecule has 2 nitrogen and oxygen atoms in total. The molecule has 0 aliphatic carbocycles. The summed E-state index contributed by atoms with van der Waals surface area (Å²) in [5, 5.41) is 7.00. The molecule has 0 unspecified atom stereocenters. The number of rotatable bonds is 0. The highest BCUT2D eigenvalue weighted by atomic mass is 79.9. The monoisotopic (exact) mass is 191 g/mol. The molecule has 1 heterocycles. The first-order valence-corrected chi connectivity index (χ1v) is 2.30. The Morgan fingerprint density at radius 1 is 1.00 bits per heavy atom. The molecule has 0 radical (unpaired) electrons. The predicted molar refractivity (Wildman–Crippen MR) is 42.7 cm³/mol. The minimum Gasteiger partial charge on any atom is -0.400 e. The van der Waals surface area contributed by atoms with E-state index in [1.807, 2.05) is 18.2 Å². The number of nitrogens with zero attached hydrogens (tertiary/aromatic N) is 1. The van der Waals surface area contributed by atoms with Gasteiger partial charge in [0.2, 0.25) is 0 Å². The average molecular weight is 192 g/mol. The van der Waals surface area contributed by atoms with Crippen LogP contribution in [0.3, 0.4) is 0 Å². The van der Waals surface area contributed by atoms with Crippen LogP contribution in [0.4, 0.5) is 0 Å². The number of aliphatic hydroxyl groups is 1. The van der Waals surface area contributed by atoms with Gasteiger partial charge < -0.3 is 5.11 Å². The minimum atomic E-state index is 0. The third kappa shape index (κ3) is 7.59. The summed E-state index contributed by atoms with van der Waals surface area (Å²) in [6.45, 7) is 0. The summed E-state index contributed by atoms with van der Waals surface area (Å²) in [6.07, 6.45) is 3.50. The molecule has 0 bridgehead atoms. The second kappa shape index (κ2) is 10.5. The molecule has 0 spiro atoms. The number of aromatic nitrogens is 1. The standard InChI is InChI=1S/C5H5N.CH4O.BrH/c1-2-4-6-5-3-1;1-2;/h1-5H;2H,1H3;1H. The van der Waals surface area contributed by atoms with Crippen molar-refractivity contribution in [3.8, 4) is 0 Å². The van der Waals surface area contributed by atoms with Crippen molar-refractivity contribution in [2.24, 2.45) is 0 Å². The second-order valence-corrected chi connectivity index (χ2v) is 1.02. The fraction of sp³-hybridized carbons (Fsp3) is 0.167. The van der Waals surface area contributed by atoms with Crippen LogP contribution in [0.2, 0.25) is 0 Å². The van der Waals surface area contributed by atoms with Crippen LogP contribution in [0.1, 0.15) is 0 Å². The Hall–Kier alpha value is -0.410. The van der Waals surface area contributed by atoms with Crippen molar-refractivity contribution >= 4 is 17.0 Å². The van der Waals surface area contributed by atoms with Gasteiger partial charge in [0.05, 0.1) is 0 Å². The summed E-state index contributed by atoms with van der Waals surface area (Å²) in [5.41, 5.74) is 0. The van der Waals surface area contributed by atoms with E-state index in [2.05, 4.69) is 4.98 Å². The Bertz CT molecular complexity index is 85.0. The van der Waals surface area contributed by atoms with Crippen LogP contribution in [0.25, 0.3) is 0 Å². The number of hydrogen-bond donors (Lipinski definition) is 1. The molecular weight excluding hydrogens is 182 g/mol. The Morgan fingerprint density at radius 3 is 1.56 bits per heavy atom. The van der Waals surface area contributed by atoms with Gasteiger partial charge in [-0.25, -0.2) is 0 Å². The third-order valence-electron chi connectivity index (χ3n) is 0.566. The molecular formula is C6H10BrNO. The lowest BCUT2D eigenvalue weighted by atomic mass is 10.5. The minimum absolute atomic E-state index is 0. The predicted octanol–water partition coefficient (Wildman–Crippen LogP) is 1.27. The molecule has 0 atom stereocenters. The maximum Gasteiger partial charge on any atom is 0.0319 e. The fourth-order valence-electron chi connectivity index (χ4n) is 0.313. The molecule has 1 aromatic rings. The maximum absolute atomic E-state index is 7.00. The van der Waals surface area contributed by atoms with Gasteiger partial charge in [0, 0.05) is 19.5 Å². The van der Waals surface area contributed by atoms with Gasteiger partial charge in [0.15, 0.2) is 0 Å². The molecule has 0 saturated carbocycles. The first-order chi connectivity index (χ1) is 4.00. The fourth-order valence-corrected chi connectivity index (χ4v) is 0.313. The van der Waals surface area contributed by atoms with Gasteiger partial charge in [-0.2, -0.15) is 0 Å². The zero-order valence-corrected chi connectivity index (χ0v) is 6.90. The van der Waals surface area contributed by atoms with E-state index < -0.39 is 0 Å². The highest BCUT2D eigenvalue weighted by Crippen LogP contribution is 1.73. The van der Waals surface area contributed by atoms with Crippen molar-refractivity contribution in [1.29, 1.82) is 0 Å². The van der Waals surface area contributed by atoms with E-state index in [0.717, 1.165) is 7.11 Å². The SMILES string of the molecule is Br.CO.c1ccncc1. The summed E-state index contributed by atoms with van der Waals surface area (Å²) in [6, 6.07) is 5.72. The zero-order valence-electron chi connectivity index (χ0n) is 5.19. The lowest BCUT2D eigenvalue weighted by Crippen LogP contribution is -1.58. The highest BCUT2D eigenvalue weighted by Gasteiger charge is 1.58. The first-order valence-electron chi connectivity index (χ1n) is 2.30. The van der Waals surface area contributed by atoms with E-state index in [-0.39, 0.29) is 17.0 Å². The maximum atomic E-state index is 7.00. The summed E-state index contributed by atoms with van der Waals surface area (Å²) < 4.78 is 0. The van der Waals surface area contributed by atoms with Crippen molar-refractivity contribution < 1.29 is 5.11 Å². The normalized spacial score (nSPS) is 6.00. The smallest absolute Gasteiger partial charge is 0.0319 e. The highest BCUT2D eigenvalue weighted by molar-refractivity contribution is 8.93. The summed E-state index contributed by atoms with van der Waals surface area (Å²) in [5.74, 6) is 0. The molecule has 0 fully saturated rings. The number of halogens is 1. The topological polar surface area (TPSA) is 33.1 Å². The largest absolute Gasteiger partial charge is 0.400 e. The molecule has 0 aromatic carbocycles. The Kier molecular flexibility index (Phi) is 13.4. The summed E-state index contributed by atoms with van der Waals surface area (Å²) in [4.78, 5) is 3.78. The van der Waals surface area contributed by atoms with Crippen LogP contribution in [0, 0.1) is 0 Å². The van der Waals surface area contributed by atoms with Crippen molar-refractivity contribution in [3.05, 3.63) is 30.6 Å². The van der Waals surface area contributed by atoms with Gasteiger partial charge in [0.25, 0.3) is 0 Å². The average Bonchev–Trinajstić information content (AvgIpc) is 1.96. The van der Waals surface area contributed by atoms with Gasteiger partial charge in [-0.3, -0.25) is 4.98 Å². The van der Waals surface area contributed by atoms with E-state index in [9.17, 15) is 0 Å². The molecule has 52 valence electrons. The van der Waals surface area contributed by atoms with Gasteiger partial charge in [-0.15, -0.1) is 17.0 Å². The van der Waals surface area contributed by atoms with Crippen LogP contribution in [-0.4, -0.2) is 17.2 Å². The van der Waals surface area contributed by atoms with Crippen molar-refractivity contribution in [3.63, 3.8) is 0 Å². The summed E-state index contributed by atoms with van der Waals surface area (Å²) >= 11 is 0. The van der Waals surface area contributed by atoms with E-state index in [0.29, 0.717) is 0 Å². The Morgan fingerprint density at radius 2 is 1.44 bits per heavy atom. The zero-order chi connectivity index (χ0) is 6.24. The molecule has 0 saturated heterocycles. The van der Waals surface area contributed by atoms with Gasteiger partial charge in [-0.1, -0.05) is 6.07 Å². The van der Waals surface area contributed by atoms with Crippen molar-refractivity contribution in [2.45, 2.75) is 0 Å². The van der Waals surface area contributed by atoms with Crippen LogP contribution >= 0.6 is 17.0 Å². The van der Waals surface area contributed by atoms with Gasteiger partial charge >= 0.3 is 0 Å². The Labute approximate surface area is 65.3 Å². The second-order valence-electron chi connectivity index (χ2n) is 1.02. The molecule has 0 aliphatic heterocycles. The van der Waals surface area contributed by atoms with E-state index >= 15 is 0 Å². The summed E-state index contributed by atoms with van der Waals surface area (Å²) in [7, 11) is 1.00. The van der Waals surface area contributed by atoms with Crippen LogP contribution in [-0.2, 0) is 0 Å². The molecule has 9 heavy (non-hydrogen) atoms. The van der Waals surface area contributed by atoms with Crippen LogP contribution in [0.15, 0.2) is 30.6 Å². The van der Waals surface area contributed by atoms with Gasteiger partial charge in [-0.05, 0) is 12.1 Å². The quantitative estimate of drug-likeness (QED) is 0.671. The molecule has 0 amide bonds. The molecule has 3 heteroatoms. The van der Waals surface area contributed by atoms with E-state index in [4.69, 9.17) is 5.11 Å². The third-order valence-corrected chi connectivity index (χ3v) is 0.566. The number of aliphatic hydroxyl groups excluding tert-OH is 1. The lowest BCUT2D eigenvalue weighted by molar-refractivity contribution is 0.399. The lowest BCUT2D eigenvalue weighted by Gasteiger charge is -1.70. The van der Waals surface area contributed by atoms with E-state index in [1.54, 1.807) is 12.4 Å². The van der Waals surface area contributed by atoms with Crippen LogP contribution in [0.5, 0.6) is 0 Å². The van der Waals surface area contributed by atoms with Crippen LogP contribution < -0.4 is 0 Å². The molecule has 0 aliphatic rings. The number of pyridine rings is 1. The first kappa shape index (κ1) is 11.4.